The molecule has 1 aromatic rings. The van der Waals surface area contributed by atoms with Crippen molar-refractivity contribution in [2.24, 2.45) is 16.8 Å². The third-order valence-corrected chi connectivity index (χ3v) is 7.35. The second kappa shape index (κ2) is 15.4. The molecular weight excluding hydrogens is 492 g/mol. The lowest BCUT2D eigenvalue weighted by Gasteiger charge is -2.23. The van der Waals surface area contributed by atoms with Crippen LogP contribution in [0.15, 0.2) is 52.6 Å². The highest BCUT2D eigenvalue weighted by molar-refractivity contribution is 5.60. The van der Waals surface area contributed by atoms with Crippen LogP contribution in [-0.2, 0) is 17.3 Å². The van der Waals surface area contributed by atoms with Crippen LogP contribution in [0.25, 0.3) is 0 Å². The van der Waals surface area contributed by atoms with Gasteiger partial charge in [-0.05, 0) is 81.4 Å². The van der Waals surface area contributed by atoms with Crippen LogP contribution in [0.2, 0.25) is 0 Å². The van der Waals surface area contributed by atoms with Crippen molar-refractivity contribution in [3.8, 4) is 0 Å². The molecule has 2 atom stereocenters. The molecule has 0 aromatic heterocycles. The molecule has 1 aliphatic heterocycles. The molecule has 1 aliphatic carbocycles. The van der Waals surface area contributed by atoms with Gasteiger partial charge in [0.1, 0.15) is 0 Å². The molecule has 3 rings (SSSR count). The van der Waals surface area contributed by atoms with E-state index >= 15 is 4.39 Å². The number of nitrogens with one attached hydrogen (secondary N) is 1. The van der Waals surface area contributed by atoms with E-state index in [-0.39, 0.29) is 17.8 Å². The summed E-state index contributed by atoms with van der Waals surface area (Å²) in [5, 5.41) is 3.36. The number of benzene rings is 1. The lowest BCUT2D eigenvalue weighted by Crippen LogP contribution is -2.30. The second-order valence-electron chi connectivity index (χ2n) is 10.6. The number of aliphatic imine (C=N–C) groups is 1. The SMILES string of the molecule is CCCCCC(CNC1=CCCC=NC(C(CCCc2ccc(C(F)(F)F)cc2)C2CC2)=C1F)OCCC. The fourth-order valence-corrected chi connectivity index (χ4v) is 5.01. The molecule has 38 heavy (non-hydrogen) atoms. The molecule has 0 bridgehead atoms. The maximum atomic E-state index is 16.0. The summed E-state index contributed by atoms with van der Waals surface area (Å²) in [6, 6.07) is 5.37. The molecule has 1 heterocycles. The maximum absolute atomic E-state index is 16.0. The molecule has 1 fully saturated rings. The van der Waals surface area contributed by atoms with E-state index in [4.69, 9.17) is 4.74 Å². The van der Waals surface area contributed by atoms with Gasteiger partial charge >= 0.3 is 6.18 Å². The number of allylic oxidation sites excluding steroid dienone is 3. The molecule has 3 nitrogen and oxygen atoms in total. The zero-order valence-electron chi connectivity index (χ0n) is 23.0. The third kappa shape index (κ3) is 9.87. The van der Waals surface area contributed by atoms with Crippen molar-refractivity contribution < 1.29 is 22.3 Å². The summed E-state index contributed by atoms with van der Waals surface area (Å²) in [5.41, 5.74) is 1.28. The standard InChI is InChI=1S/C31H44F4N2O/c1-3-5-6-11-26(38-21-4-2)22-37-28-13-7-8-20-36-30(29(28)32)27(24-16-17-24)12-9-10-23-14-18-25(19-15-23)31(33,34)35/h13-15,18-20,24,26-27,37H,3-12,16-17,21-22H2,1-2H3. The minimum Gasteiger partial charge on any atom is -0.380 e. The summed E-state index contributed by atoms with van der Waals surface area (Å²) in [6.07, 6.45) is 10.6. The number of hydrogen-bond acceptors (Lipinski definition) is 3. The summed E-state index contributed by atoms with van der Waals surface area (Å²) in [5.74, 6) is 0.159. The van der Waals surface area contributed by atoms with Crippen LogP contribution < -0.4 is 5.32 Å². The third-order valence-electron chi connectivity index (χ3n) is 7.35. The molecule has 7 heteroatoms. The van der Waals surface area contributed by atoms with Crippen LogP contribution in [0.4, 0.5) is 17.6 Å². The van der Waals surface area contributed by atoms with E-state index in [1.807, 2.05) is 12.3 Å². The Morgan fingerprint density at radius 2 is 1.76 bits per heavy atom. The van der Waals surface area contributed by atoms with Crippen LogP contribution in [0.3, 0.4) is 0 Å². The highest BCUT2D eigenvalue weighted by Crippen LogP contribution is 2.45. The number of hydrogen-bond donors (Lipinski definition) is 1. The van der Waals surface area contributed by atoms with E-state index in [9.17, 15) is 13.2 Å². The molecule has 0 spiro atoms. The predicted molar refractivity (Wildman–Crippen MR) is 147 cm³/mol. The van der Waals surface area contributed by atoms with Crippen molar-refractivity contribution in [1.29, 1.82) is 0 Å². The van der Waals surface area contributed by atoms with E-state index in [2.05, 4.69) is 24.2 Å². The summed E-state index contributed by atoms with van der Waals surface area (Å²) >= 11 is 0. The molecule has 1 aromatic carbocycles. The number of aryl methyl sites for hydroxylation is 1. The smallest absolute Gasteiger partial charge is 0.380 e. The maximum Gasteiger partial charge on any atom is 0.416 e. The molecule has 0 radical (unpaired) electrons. The van der Waals surface area contributed by atoms with E-state index in [1.165, 1.54) is 0 Å². The number of unbranched alkanes of at least 4 members (excludes halogenated alkanes) is 2. The molecule has 212 valence electrons. The largest absolute Gasteiger partial charge is 0.416 e. The summed E-state index contributed by atoms with van der Waals surface area (Å²) in [4.78, 5) is 4.62. The van der Waals surface area contributed by atoms with Gasteiger partial charge in [0.05, 0.1) is 23.1 Å². The van der Waals surface area contributed by atoms with Gasteiger partial charge in [-0.25, -0.2) is 4.39 Å². The Morgan fingerprint density at radius 3 is 2.42 bits per heavy atom. The Hall–Kier alpha value is -2.15. The summed E-state index contributed by atoms with van der Waals surface area (Å²) in [7, 11) is 0. The Balaban J connectivity index is 1.66. The van der Waals surface area contributed by atoms with Crippen molar-refractivity contribution >= 4 is 6.21 Å². The highest BCUT2D eigenvalue weighted by Gasteiger charge is 2.36. The minimum atomic E-state index is -4.33. The molecule has 2 unspecified atom stereocenters. The molecule has 1 saturated carbocycles. The van der Waals surface area contributed by atoms with E-state index in [0.29, 0.717) is 36.9 Å². The lowest BCUT2D eigenvalue weighted by molar-refractivity contribution is -0.137. The zero-order chi connectivity index (χ0) is 27.4. The van der Waals surface area contributed by atoms with Gasteiger partial charge in [0.15, 0.2) is 5.83 Å². The van der Waals surface area contributed by atoms with Crippen molar-refractivity contribution in [2.75, 3.05) is 13.2 Å². The zero-order valence-corrected chi connectivity index (χ0v) is 23.0. The van der Waals surface area contributed by atoms with E-state index in [1.54, 1.807) is 12.1 Å². The van der Waals surface area contributed by atoms with Crippen molar-refractivity contribution in [3.05, 3.63) is 58.7 Å². The fraction of sp³-hybridized carbons (Fsp3) is 0.645. The summed E-state index contributed by atoms with van der Waals surface area (Å²) in [6.45, 7) is 5.55. The first kappa shape index (κ1) is 30.4. The normalized spacial score (nSPS) is 18.1. The van der Waals surface area contributed by atoms with Gasteiger partial charge < -0.3 is 10.1 Å². The highest BCUT2D eigenvalue weighted by atomic mass is 19.4. The average Bonchev–Trinajstić information content (AvgIpc) is 3.73. The van der Waals surface area contributed by atoms with Gasteiger partial charge in [0.25, 0.3) is 0 Å². The van der Waals surface area contributed by atoms with Crippen molar-refractivity contribution in [2.45, 2.75) is 103 Å². The van der Waals surface area contributed by atoms with Gasteiger partial charge in [-0.3, -0.25) is 4.99 Å². The van der Waals surface area contributed by atoms with E-state index in [0.717, 1.165) is 88.3 Å². The topological polar surface area (TPSA) is 33.6 Å². The van der Waals surface area contributed by atoms with Crippen molar-refractivity contribution in [1.82, 2.24) is 5.32 Å². The van der Waals surface area contributed by atoms with Gasteiger partial charge in [-0.15, -0.1) is 0 Å². The van der Waals surface area contributed by atoms with Gasteiger partial charge in [0.2, 0.25) is 0 Å². The lowest BCUT2D eigenvalue weighted by atomic mass is 9.90. The Kier molecular flexibility index (Phi) is 12.4. The monoisotopic (exact) mass is 536 g/mol. The number of ether oxygens (including phenoxy) is 1. The van der Waals surface area contributed by atoms with Crippen LogP contribution in [0.5, 0.6) is 0 Å². The van der Waals surface area contributed by atoms with Crippen LogP contribution >= 0.6 is 0 Å². The van der Waals surface area contributed by atoms with Crippen LogP contribution in [-0.4, -0.2) is 25.5 Å². The summed E-state index contributed by atoms with van der Waals surface area (Å²) < 4.78 is 60.6. The second-order valence-corrected chi connectivity index (χ2v) is 10.6. The first-order valence-corrected chi connectivity index (χ1v) is 14.5. The molecule has 2 aliphatic rings. The number of alkyl halides is 3. The quantitative estimate of drug-likeness (QED) is 0.169. The number of rotatable bonds is 16. The molecular formula is C31H44F4N2O. The Bertz CT molecular complexity index is 932. The van der Waals surface area contributed by atoms with Gasteiger partial charge in [0, 0.05) is 25.3 Å². The molecule has 1 N–H and O–H groups in total. The van der Waals surface area contributed by atoms with Gasteiger partial charge in [-0.1, -0.05) is 51.3 Å². The number of nitrogens with zero attached hydrogens (tertiary/aromatic N) is 1. The first-order valence-electron chi connectivity index (χ1n) is 14.5. The van der Waals surface area contributed by atoms with Gasteiger partial charge in [-0.2, -0.15) is 13.2 Å². The molecule has 0 saturated heterocycles. The Labute approximate surface area is 225 Å². The van der Waals surface area contributed by atoms with Crippen LogP contribution in [0, 0.1) is 11.8 Å². The first-order chi connectivity index (χ1) is 18.3. The van der Waals surface area contributed by atoms with Crippen molar-refractivity contribution in [3.63, 3.8) is 0 Å². The fourth-order valence-electron chi connectivity index (χ4n) is 5.01. The van der Waals surface area contributed by atoms with E-state index < -0.39 is 11.7 Å². The van der Waals surface area contributed by atoms with Crippen LogP contribution in [0.1, 0.15) is 95.6 Å². The number of halogens is 4. The minimum absolute atomic E-state index is 0.0145. The Morgan fingerprint density at radius 1 is 1.00 bits per heavy atom. The average molecular weight is 537 g/mol. The predicted octanol–water partition coefficient (Wildman–Crippen LogP) is 8.95. The molecule has 0 amide bonds.